The molecule has 0 aromatic carbocycles. The number of carbonyl (C=O) groups excluding carboxylic acids is 1. The maximum Gasteiger partial charge on any atom is 0.409 e. The summed E-state index contributed by atoms with van der Waals surface area (Å²) in [5.74, 6) is 1.24. The normalized spacial score (nSPS) is 15.8. The van der Waals surface area contributed by atoms with E-state index in [2.05, 4.69) is 31.6 Å². The Morgan fingerprint density at radius 1 is 1.25 bits per heavy atom. The summed E-state index contributed by atoms with van der Waals surface area (Å²) in [6.45, 7) is 5.32. The Bertz CT molecular complexity index is 1450. The molecule has 1 unspecified atom stereocenters. The van der Waals surface area contributed by atoms with Gasteiger partial charge in [0, 0.05) is 55.0 Å². The van der Waals surface area contributed by atoms with Gasteiger partial charge in [-0.1, -0.05) is 5.16 Å². The summed E-state index contributed by atoms with van der Waals surface area (Å²) in [4.78, 5) is 22.7. The van der Waals surface area contributed by atoms with E-state index < -0.39 is 0 Å². The molecule has 0 saturated carbocycles. The van der Waals surface area contributed by atoms with Gasteiger partial charge in [-0.15, -0.1) is 0 Å². The third kappa shape index (κ3) is 4.45. The number of fused-ring (bicyclic) bond motifs is 1. The molecule has 184 valence electrons. The van der Waals surface area contributed by atoms with Crippen LogP contribution < -0.4 is 5.32 Å². The number of nitrogens with one attached hydrogen (secondary N) is 1. The number of hydrogen-bond donors (Lipinski definition) is 1. The molecule has 1 aliphatic heterocycles. The molecule has 36 heavy (non-hydrogen) atoms. The van der Waals surface area contributed by atoms with Crippen LogP contribution in [-0.4, -0.2) is 62.1 Å². The smallest absolute Gasteiger partial charge is 0.409 e. The van der Waals surface area contributed by atoms with Crippen LogP contribution in [0, 0.1) is 11.3 Å². The van der Waals surface area contributed by atoms with Crippen molar-refractivity contribution in [1.29, 1.82) is 5.26 Å². The summed E-state index contributed by atoms with van der Waals surface area (Å²) in [6, 6.07) is 7.80. The van der Waals surface area contributed by atoms with Crippen molar-refractivity contribution in [3.8, 4) is 23.2 Å². The average molecular weight is 487 g/mol. The summed E-state index contributed by atoms with van der Waals surface area (Å²) < 4.78 is 12.3. The van der Waals surface area contributed by atoms with Crippen molar-refractivity contribution in [1.82, 2.24) is 29.8 Å². The Kier molecular flexibility index (Phi) is 6.25. The Balaban J connectivity index is 1.47. The molecule has 1 amide bonds. The fourth-order valence-corrected chi connectivity index (χ4v) is 4.46. The van der Waals surface area contributed by atoms with Gasteiger partial charge in [0.1, 0.15) is 6.07 Å². The number of anilines is 1. The van der Waals surface area contributed by atoms with Crippen LogP contribution in [0.2, 0.25) is 0 Å². The molecular weight excluding hydrogens is 460 g/mol. The molecule has 0 spiro atoms. The molecule has 1 N–H and O–H groups in total. The molecule has 0 radical (unpaired) electrons. The molecule has 5 rings (SSSR count). The van der Waals surface area contributed by atoms with E-state index in [1.807, 2.05) is 26.0 Å². The highest BCUT2D eigenvalue weighted by Crippen LogP contribution is 2.34. The van der Waals surface area contributed by atoms with E-state index in [9.17, 15) is 4.79 Å². The zero-order valence-electron chi connectivity index (χ0n) is 20.3. The Morgan fingerprint density at radius 3 is 2.89 bits per heavy atom. The number of piperidine rings is 1. The van der Waals surface area contributed by atoms with E-state index >= 15 is 0 Å². The predicted octanol–water partition coefficient (Wildman–Crippen LogP) is 4.11. The number of hydrogen-bond acceptors (Lipinski definition) is 9. The molecule has 1 aliphatic rings. The first-order valence-corrected chi connectivity index (χ1v) is 11.8. The van der Waals surface area contributed by atoms with Crippen molar-refractivity contribution in [2.24, 2.45) is 0 Å². The van der Waals surface area contributed by atoms with Gasteiger partial charge < -0.3 is 19.5 Å². The SMILES string of the molecule is COC(=O)N1CCCC(c2cc(-c3cnc(-n4ncc5cc(C#N)cnc54)cc3NC(C)C)on2)C1. The number of amides is 1. The zero-order chi connectivity index (χ0) is 25.2. The molecule has 5 heterocycles. The van der Waals surface area contributed by atoms with Crippen LogP contribution in [0.3, 0.4) is 0 Å². The summed E-state index contributed by atoms with van der Waals surface area (Å²) in [7, 11) is 1.39. The monoisotopic (exact) mass is 486 g/mol. The van der Waals surface area contributed by atoms with Gasteiger partial charge in [-0.3, -0.25) is 0 Å². The lowest BCUT2D eigenvalue weighted by molar-refractivity contribution is 0.110. The van der Waals surface area contributed by atoms with Gasteiger partial charge in [0.15, 0.2) is 17.2 Å². The second-order valence-corrected chi connectivity index (χ2v) is 9.06. The summed E-state index contributed by atoms with van der Waals surface area (Å²) in [5, 5.41) is 22.1. The van der Waals surface area contributed by atoms with Crippen LogP contribution in [0.4, 0.5) is 10.5 Å². The lowest BCUT2D eigenvalue weighted by Gasteiger charge is -2.30. The Hall–Kier alpha value is -4.46. The molecule has 1 fully saturated rings. The average Bonchev–Trinajstić information content (AvgIpc) is 3.55. The predicted molar refractivity (Wildman–Crippen MR) is 132 cm³/mol. The van der Waals surface area contributed by atoms with Gasteiger partial charge in [-0.2, -0.15) is 15.0 Å². The van der Waals surface area contributed by atoms with Gasteiger partial charge in [0.2, 0.25) is 0 Å². The fraction of sp³-hybridized carbons (Fsp3) is 0.360. The zero-order valence-corrected chi connectivity index (χ0v) is 20.3. The Labute approximate surface area is 207 Å². The van der Waals surface area contributed by atoms with Gasteiger partial charge in [-0.05, 0) is 32.8 Å². The number of aromatic nitrogens is 5. The number of methoxy groups -OCH3 is 1. The molecule has 11 heteroatoms. The van der Waals surface area contributed by atoms with Gasteiger partial charge in [0.05, 0.1) is 35.8 Å². The maximum atomic E-state index is 12.0. The molecule has 0 bridgehead atoms. The number of pyridine rings is 2. The van der Waals surface area contributed by atoms with E-state index in [1.54, 1.807) is 28.0 Å². The molecule has 1 atom stereocenters. The van der Waals surface area contributed by atoms with Crippen LogP contribution >= 0.6 is 0 Å². The maximum absolute atomic E-state index is 12.0. The van der Waals surface area contributed by atoms with Crippen molar-refractivity contribution in [3.63, 3.8) is 0 Å². The third-order valence-electron chi connectivity index (χ3n) is 6.15. The number of likely N-dealkylation sites (tertiary alicyclic amines) is 1. The second kappa shape index (κ2) is 9.65. The van der Waals surface area contributed by atoms with Crippen LogP contribution in [0.5, 0.6) is 0 Å². The second-order valence-electron chi connectivity index (χ2n) is 9.06. The minimum absolute atomic E-state index is 0.0731. The highest BCUT2D eigenvalue weighted by atomic mass is 16.5. The highest BCUT2D eigenvalue weighted by Gasteiger charge is 2.28. The lowest BCUT2D eigenvalue weighted by atomic mass is 9.94. The van der Waals surface area contributed by atoms with E-state index in [0.717, 1.165) is 35.2 Å². The van der Waals surface area contributed by atoms with Gasteiger partial charge in [0.25, 0.3) is 0 Å². The van der Waals surface area contributed by atoms with E-state index in [-0.39, 0.29) is 18.1 Å². The summed E-state index contributed by atoms with van der Waals surface area (Å²) in [5.41, 5.74) is 3.46. The van der Waals surface area contributed by atoms with Crippen LogP contribution in [0.25, 0.3) is 28.2 Å². The number of ether oxygens (including phenoxy) is 1. The van der Waals surface area contributed by atoms with Crippen molar-refractivity contribution < 1.29 is 14.1 Å². The number of carbonyl (C=O) groups is 1. The summed E-state index contributed by atoms with van der Waals surface area (Å²) >= 11 is 0. The highest BCUT2D eigenvalue weighted by molar-refractivity contribution is 5.79. The van der Waals surface area contributed by atoms with Gasteiger partial charge in [-0.25, -0.2) is 14.8 Å². The first-order valence-electron chi connectivity index (χ1n) is 11.8. The first kappa shape index (κ1) is 23.3. The van der Waals surface area contributed by atoms with E-state index in [1.165, 1.54) is 13.3 Å². The standard InChI is InChI=1S/C25H26N8O3/c1-15(2)30-21-9-23(33-24-18(12-29-33)7-16(10-26)11-28-24)27-13-19(21)22-8-20(31-36-22)17-5-4-6-32(14-17)25(34)35-3/h7-9,11-13,15,17H,4-6,14H2,1-3H3,(H,27,30). The molecule has 0 aliphatic carbocycles. The molecule has 4 aromatic heterocycles. The third-order valence-corrected chi connectivity index (χ3v) is 6.15. The molecule has 1 saturated heterocycles. The summed E-state index contributed by atoms with van der Waals surface area (Å²) in [6.07, 6.45) is 6.38. The fourth-order valence-electron chi connectivity index (χ4n) is 4.46. The van der Waals surface area contributed by atoms with Crippen molar-refractivity contribution in [2.45, 2.75) is 38.6 Å². The van der Waals surface area contributed by atoms with Gasteiger partial charge >= 0.3 is 6.09 Å². The van der Waals surface area contributed by atoms with Crippen molar-refractivity contribution in [2.75, 3.05) is 25.5 Å². The van der Waals surface area contributed by atoms with E-state index in [4.69, 9.17) is 14.5 Å². The number of nitriles is 1. The van der Waals surface area contributed by atoms with Crippen LogP contribution in [0.15, 0.2) is 41.3 Å². The molecule has 11 nitrogen and oxygen atoms in total. The van der Waals surface area contributed by atoms with Crippen molar-refractivity contribution in [3.05, 3.63) is 48.0 Å². The minimum Gasteiger partial charge on any atom is -0.453 e. The van der Waals surface area contributed by atoms with E-state index in [0.29, 0.717) is 35.9 Å². The first-order chi connectivity index (χ1) is 17.5. The molecular formula is C25H26N8O3. The minimum atomic E-state index is -0.323. The largest absolute Gasteiger partial charge is 0.453 e. The van der Waals surface area contributed by atoms with Crippen molar-refractivity contribution >= 4 is 22.8 Å². The topological polar surface area (TPSA) is 135 Å². The van der Waals surface area contributed by atoms with Crippen LogP contribution in [0.1, 0.15) is 43.9 Å². The number of nitrogens with zero attached hydrogens (tertiary/aromatic N) is 7. The molecule has 4 aromatic rings. The quantitative estimate of drug-likeness (QED) is 0.442. The lowest BCUT2D eigenvalue weighted by Crippen LogP contribution is -2.39. The number of rotatable bonds is 5. The Morgan fingerprint density at radius 2 is 2.11 bits per heavy atom. The van der Waals surface area contributed by atoms with Crippen LogP contribution in [-0.2, 0) is 4.74 Å².